The van der Waals surface area contributed by atoms with E-state index in [2.05, 4.69) is 11.6 Å². The van der Waals surface area contributed by atoms with Crippen LogP contribution in [-0.2, 0) is 4.74 Å². The number of nitrogens with zero attached hydrogens (tertiary/aromatic N) is 1. The van der Waals surface area contributed by atoms with E-state index in [1.807, 2.05) is 6.07 Å². The maximum absolute atomic E-state index is 6.30. The van der Waals surface area contributed by atoms with E-state index >= 15 is 0 Å². The molecule has 1 unspecified atom stereocenters. The predicted octanol–water partition coefficient (Wildman–Crippen LogP) is 4.44. The minimum Gasteiger partial charge on any atom is -0.489 e. The van der Waals surface area contributed by atoms with Gasteiger partial charge in [-0.3, -0.25) is 0 Å². The maximum Gasteiger partial charge on any atom is 0.183 e. The largest absolute Gasteiger partial charge is 0.489 e. The fourth-order valence-corrected chi connectivity index (χ4v) is 2.51. The summed E-state index contributed by atoms with van der Waals surface area (Å²) in [6.45, 7) is 4.05. The summed E-state index contributed by atoms with van der Waals surface area (Å²) in [4.78, 5) is 4.49. The second-order valence-corrected chi connectivity index (χ2v) is 4.94. The molecule has 1 aromatic carbocycles. The molecule has 102 valence electrons. The normalized spacial score (nSPS) is 18.1. The Morgan fingerprint density at radius 3 is 2.89 bits per heavy atom. The van der Waals surface area contributed by atoms with Gasteiger partial charge in [0.25, 0.3) is 0 Å². The van der Waals surface area contributed by atoms with Crippen LogP contribution in [-0.4, -0.2) is 19.6 Å². The maximum atomic E-state index is 6.30. The van der Waals surface area contributed by atoms with Crippen molar-refractivity contribution in [1.29, 1.82) is 0 Å². The highest BCUT2D eigenvalue weighted by atomic mass is 35.5. The van der Waals surface area contributed by atoms with Crippen LogP contribution in [0.4, 0.5) is 0 Å². The minimum absolute atomic E-state index is 0.0686. The van der Waals surface area contributed by atoms with Crippen molar-refractivity contribution < 1.29 is 9.47 Å². The Hall–Kier alpha value is -1.19. The van der Waals surface area contributed by atoms with Gasteiger partial charge < -0.3 is 9.47 Å². The summed E-state index contributed by atoms with van der Waals surface area (Å²) in [5.74, 6) is 1.43. The Bertz CT molecular complexity index is 514. The van der Waals surface area contributed by atoms with Crippen LogP contribution in [0.3, 0.4) is 0 Å². The van der Waals surface area contributed by atoms with Gasteiger partial charge in [0, 0.05) is 12.0 Å². The van der Waals surface area contributed by atoms with Crippen molar-refractivity contribution in [3.63, 3.8) is 0 Å². The van der Waals surface area contributed by atoms with Crippen molar-refractivity contribution in [2.24, 2.45) is 4.99 Å². The van der Waals surface area contributed by atoms with Crippen LogP contribution in [0.2, 0.25) is 10.0 Å². The molecule has 1 aliphatic heterocycles. The molecule has 1 atom stereocenters. The SMILES string of the molecule is C=CCOc1ccc(Cl)c(Cl)c1C1CCC(OC)=N1. The lowest BCUT2D eigenvalue weighted by molar-refractivity contribution is 0.356. The second-order valence-electron chi connectivity index (χ2n) is 4.15. The molecular weight excluding hydrogens is 285 g/mol. The predicted molar refractivity (Wildman–Crippen MR) is 78.6 cm³/mol. The van der Waals surface area contributed by atoms with Gasteiger partial charge >= 0.3 is 0 Å². The lowest BCUT2D eigenvalue weighted by Gasteiger charge is -2.16. The Morgan fingerprint density at radius 2 is 2.26 bits per heavy atom. The first kappa shape index (κ1) is 14.2. The molecule has 3 nitrogen and oxygen atoms in total. The Morgan fingerprint density at radius 1 is 1.47 bits per heavy atom. The van der Waals surface area contributed by atoms with Gasteiger partial charge in [0.05, 0.1) is 23.2 Å². The van der Waals surface area contributed by atoms with Crippen molar-refractivity contribution in [2.75, 3.05) is 13.7 Å². The highest BCUT2D eigenvalue weighted by Gasteiger charge is 2.26. The average molecular weight is 300 g/mol. The van der Waals surface area contributed by atoms with Crippen molar-refractivity contribution >= 4 is 29.1 Å². The molecule has 0 saturated carbocycles. The summed E-state index contributed by atoms with van der Waals surface area (Å²) in [6.07, 6.45) is 3.32. The van der Waals surface area contributed by atoms with Crippen LogP contribution in [0.1, 0.15) is 24.4 Å². The van der Waals surface area contributed by atoms with E-state index in [0.29, 0.717) is 22.4 Å². The Labute approximate surface area is 122 Å². The molecule has 5 heteroatoms. The van der Waals surface area contributed by atoms with Gasteiger partial charge in [-0.2, -0.15) is 0 Å². The van der Waals surface area contributed by atoms with E-state index in [-0.39, 0.29) is 6.04 Å². The lowest BCUT2D eigenvalue weighted by atomic mass is 10.0. The van der Waals surface area contributed by atoms with Crippen LogP contribution < -0.4 is 4.74 Å². The van der Waals surface area contributed by atoms with Crippen LogP contribution in [0, 0.1) is 0 Å². The molecule has 0 fully saturated rings. The highest BCUT2D eigenvalue weighted by Crippen LogP contribution is 2.42. The fourth-order valence-electron chi connectivity index (χ4n) is 2.06. The number of methoxy groups -OCH3 is 1. The van der Waals surface area contributed by atoms with Crippen LogP contribution in [0.15, 0.2) is 29.8 Å². The standard InChI is InChI=1S/C14H15Cl2NO2/c1-3-8-19-11-6-4-9(15)14(16)13(11)10-5-7-12(17-10)18-2/h3-4,6,10H,1,5,7-8H2,2H3. The van der Waals surface area contributed by atoms with Crippen molar-refractivity contribution in [3.8, 4) is 5.75 Å². The second kappa shape index (κ2) is 6.31. The molecule has 0 spiro atoms. The average Bonchev–Trinajstić information content (AvgIpc) is 2.88. The first-order valence-electron chi connectivity index (χ1n) is 5.99. The first-order valence-corrected chi connectivity index (χ1v) is 6.75. The van der Waals surface area contributed by atoms with E-state index in [9.17, 15) is 0 Å². The van der Waals surface area contributed by atoms with E-state index in [0.717, 1.165) is 24.3 Å². The molecule has 1 aliphatic rings. The number of hydrogen-bond donors (Lipinski definition) is 0. The van der Waals surface area contributed by atoms with Crippen LogP contribution in [0.25, 0.3) is 0 Å². The van der Waals surface area contributed by atoms with Gasteiger partial charge in [0.2, 0.25) is 0 Å². The number of aliphatic imine (C=N–C) groups is 1. The van der Waals surface area contributed by atoms with E-state index in [1.54, 1.807) is 19.3 Å². The summed E-state index contributed by atoms with van der Waals surface area (Å²) in [6, 6.07) is 3.47. The van der Waals surface area contributed by atoms with Gasteiger partial charge in [-0.1, -0.05) is 35.9 Å². The lowest BCUT2D eigenvalue weighted by Crippen LogP contribution is -2.01. The van der Waals surface area contributed by atoms with Gasteiger partial charge in [-0.15, -0.1) is 0 Å². The van der Waals surface area contributed by atoms with Crippen molar-refractivity contribution in [1.82, 2.24) is 0 Å². The summed E-state index contributed by atoms with van der Waals surface area (Å²) in [5.41, 5.74) is 0.822. The fraction of sp³-hybridized carbons (Fsp3) is 0.357. The number of ether oxygens (including phenoxy) is 2. The number of hydrogen-bond acceptors (Lipinski definition) is 3. The van der Waals surface area contributed by atoms with Gasteiger partial charge in [0.15, 0.2) is 5.90 Å². The molecule has 0 aliphatic carbocycles. The molecule has 0 radical (unpaired) electrons. The third-order valence-corrected chi connectivity index (χ3v) is 3.77. The van der Waals surface area contributed by atoms with Crippen LogP contribution in [0.5, 0.6) is 5.75 Å². The molecular formula is C14H15Cl2NO2. The highest BCUT2D eigenvalue weighted by molar-refractivity contribution is 6.42. The Kier molecular flexibility index (Phi) is 4.72. The third kappa shape index (κ3) is 3.04. The monoisotopic (exact) mass is 299 g/mol. The van der Waals surface area contributed by atoms with Crippen LogP contribution >= 0.6 is 23.2 Å². The summed E-state index contributed by atoms with van der Waals surface area (Å²) in [7, 11) is 1.62. The molecule has 0 aromatic heterocycles. The molecule has 0 N–H and O–H groups in total. The third-order valence-electron chi connectivity index (χ3n) is 2.95. The van der Waals surface area contributed by atoms with Crippen molar-refractivity contribution in [2.45, 2.75) is 18.9 Å². The molecule has 0 amide bonds. The number of benzene rings is 1. The first-order chi connectivity index (χ1) is 9.17. The summed E-state index contributed by atoms with van der Waals surface area (Å²) in [5, 5.41) is 0.998. The topological polar surface area (TPSA) is 30.8 Å². The van der Waals surface area contributed by atoms with Gasteiger partial charge in [-0.25, -0.2) is 4.99 Å². The molecule has 0 bridgehead atoms. The Balaban J connectivity index is 2.39. The zero-order chi connectivity index (χ0) is 13.8. The molecule has 1 heterocycles. The molecule has 19 heavy (non-hydrogen) atoms. The molecule has 2 rings (SSSR count). The smallest absolute Gasteiger partial charge is 0.183 e. The summed E-state index contributed by atoms with van der Waals surface area (Å²) < 4.78 is 10.8. The summed E-state index contributed by atoms with van der Waals surface area (Å²) >= 11 is 12.4. The quantitative estimate of drug-likeness (QED) is 0.770. The van der Waals surface area contributed by atoms with Gasteiger partial charge in [0.1, 0.15) is 12.4 Å². The number of halogens is 2. The zero-order valence-electron chi connectivity index (χ0n) is 10.7. The van der Waals surface area contributed by atoms with E-state index in [4.69, 9.17) is 32.7 Å². The molecule has 1 aromatic rings. The van der Waals surface area contributed by atoms with Gasteiger partial charge in [-0.05, 0) is 18.6 Å². The molecule has 0 saturated heterocycles. The minimum atomic E-state index is -0.0686. The zero-order valence-corrected chi connectivity index (χ0v) is 12.2. The number of rotatable bonds is 4. The van der Waals surface area contributed by atoms with E-state index < -0.39 is 0 Å². The van der Waals surface area contributed by atoms with E-state index in [1.165, 1.54) is 0 Å². The van der Waals surface area contributed by atoms with Crippen molar-refractivity contribution in [3.05, 3.63) is 40.4 Å².